The Morgan fingerprint density at radius 1 is 1.25 bits per heavy atom. The number of carbonyl (C=O) groups excluding carboxylic acids is 1. The molecule has 1 rings (SSSR count). The van der Waals surface area contributed by atoms with Crippen molar-refractivity contribution < 1.29 is 4.79 Å². The maximum Gasteiger partial charge on any atom is 0.226 e. The van der Waals surface area contributed by atoms with Gasteiger partial charge in [-0.1, -0.05) is 45.4 Å². The van der Waals surface area contributed by atoms with Crippen LogP contribution in [0.25, 0.3) is 0 Å². The molecule has 0 saturated heterocycles. The van der Waals surface area contributed by atoms with Gasteiger partial charge < -0.3 is 5.32 Å². The second-order valence-electron chi connectivity index (χ2n) is 4.53. The zero-order valence-electron chi connectivity index (χ0n) is 10.2. The van der Waals surface area contributed by atoms with Crippen molar-refractivity contribution in [3.05, 3.63) is 28.8 Å². The summed E-state index contributed by atoms with van der Waals surface area (Å²) in [5, 5.41) is 3.53. The minimum Gasteiger partial charge on any atom is -0.326 e. The van der Waals surface area contributed by atoms with Gasteiger partial charge in [0.25, 0.3) is 0 Å². The Bertz CT molecular complexity index is 386. The van der Waals surface area contributed by atoms with Gasteiger partial charge in [0, 0.05) is 16.6 Å². The van der Waals surface area contributed by atoms with Crippen molar-refractivity contribution in [2.24, 2.45) is 5.92 Å². The zero-order chi connectivity index (χ0) is 12.3. The van der Waals surface area contributed by atoms with Gasteiger partial charge in [-0.3, -0.25) is 4.79 Å². The van der Waals surface area contributed by atoms with Crippen LogP contribution >= 0.6 is 11.6 Å². The van der Waals surface area contributed by atoms with E-state index in [1.54, 1.807) is 6.07 Å². The summed E-state index contributed by atoms with van der Waals surface area (Å²) >= 11 is 6.14. The molecule has 0 saturated carbocycles. The Kier molecular flexibility index (Phi) is 4.36. The average molecular weight is 240 g/mol. The van der Waals surface area contributed by atoms with Crippen molar-refractivity contribution in [1.82, 2.24) is 0 Å². The van der Waals surface area contributed by atoms with E-state index in [9.17, 15) is 4.79 Å². The van der Waals surface area contributed by atoms with Crippen molar-refractivity contribution in [3.8, 4) is 0 Å². The number of benzene rings is 1. The van der Waals surface area contributed by atoms with Gasteiger partial charge in [-0.25, -0.2) is 0 Å². The van der Waals surface area contributed by atoms with E-state index in [1.807, 2.05) is 26.0 Å². The lowest BCUT2D eigenvalue weighted by Crippen LogP contribution is -2.17. The molecule has 88 valence electrons. The summed E-state index contributed by atoms with van der Waals surface area (Å²) < 4.78 is 0. The third-order valence-corrected chi connectivity index (χ3v) is 2.74. The van der Waals surface area contributed by atoms with E-state index in [0.29, 0.717) is 10.9 Å². The normalized spacial score (nSPS) is 10.9. The lowest BCUT2D eigenvalue weighted by Gasteiger charge is -2.12. The van der Waals surface area contributed by atoms with Gasteiger partial charge in [-0.05, 0) is 23.6 Å². The second-order valence-corrected chi connectivity index (χ2v) is 4.94. The number of nitrogens with one attached hydrogen (secondary N) is 1. The fourth-order valence-corrected chi connectivity index (χ4v) is 1.76. The molecule has 0 bridgehead atoms. The Morgan fingerprint density at radius 3 is 2.31 bits per heavy atom. The molecular formula is C13H18ClNO. The van der Waals surface area contributed by atoms with Crippen molar-refractivity contribution in [2.75, 3.05) is 5.32 Å². The monoisotopic (exact) mass is 239 g/mol. The summed E-state index contributed by atoms with van der Waals surface area (Å²) in [4.78, 5) is 11.5. The molecule has 0 heterocycles. The van der Waals surface area contributed by atoms with Gasteiger partial charge in [-0.15, -0.1) is 0 Å². The highest BCUT2D eigenvalue weighted by atomic mass is 35.5. The van der Waals surface area contributed by atoms with Gasteiger partial charge in [-0.2, -0.15) is 0 Å². The Balaban J connectivity index is 2.85. The molecule has 0 aliphatic carbocycles. The highest BCUT2D eigenvalue weighted by Gasteiger charge is 2.09. The van der Waals surface area contributed by atoms with E-state index in [4.69, 9.17) is 11.6 Å². The quantitative estimate of drug-likeness (QED) is 0.847. The van der Waals surface area contributed by atoms with Crippen LogP contribution in [-0.2, 0) is 4.79 Å². The molecule has 0 aromatic heterocycles. The number of anilines is 1. The minimum atomic E-state index is -0.0245. The van der Waals surface area contributed by atoms with E-state index >= 15 is 0 Å². The topological polar surface area (TPSA) is 29.1 Å². The number of hydrogen-bond acceptors (Lipinski definition) is 1. The van der Waals surface area contributed by atoms with Crippen molar-refractivity contribution in [2.45, 2.75) is 33.6 Å². The third kappa shape index (κ3) is 3.24. The number of rotatable bonds is 3. The molecule has 0 spiro atoms. The number of hydrogen-bond donors (Lipinski definition) is 1. The van der Waals surface area contributed by atoms with Crippen LogP contribution in [0.5, 0.6) is 0 Å². The maximum atomic E-state index is 11.5. The molecule has 2 nitrogen and oxygen atoms in total. The zero-order valence-corrected chi connectivity index (χ0v) is 10.9. The highest BCUT2D eigenvalue weighted by Crippen LogP contribution is 2.27. The van der Waals surface area contributed by atoms with Gasteiger partial charge in [0.15, 0.2) is 0 Å². The molecule has 0 aliphatic heterocycles. The predicted molar refractivity (Wildman–Crippen MR) is 69.0 cm³/mol. The van der Waals surface area contributed by atoms with Crippen LogP contribution in [0.4, 0.5) is 5.69 Å². The van der Waals surface area contributed by atoms with E-state index in [0.717, 1.165) is 11.3 Å². The SMILES string of the molecule is CC(C)C(=O)Nc1ccc(C(C)C)c(Cl)c1. The van der Waals surface area contributed by atoms with E-state index in [2.05, 4.69) is 19.2 Å². The molecule has 0 aliphatic rings. The van der Waals surface area contributed by atoms with Gasteiger partial charge in [0.2, 0.25) is 5.91 Å². The molecule has 1 aromatic rings. The van der Waals surface area contributed by atoms with E-state index < -0.39 is 0 Å². The van der Waals surface area contributed by atoms with E-state index in [-0.39, 0.29) is 11.8 Å². The smallest absolute Gasteiger partial charge is 0.226 e. The number of carbonyl (C=O) groups is 1. The standard InChI is InChI=1S/C13H18ClNO/c1-8(2)11-6-5-10(7-12(11)14)15-13(16)9(3)4/h5-9H,1-4H3,(H,15,16). The molecule has 0 radical (unpaired) electrons. The first-order chi connectivity index (χ1) is 7.41. The van der Waals surface area contributed by atoms with Crippen LogP contribution in [0.15, 0.2) is 18.2 Å². The van der Waals surface area contributed by atoms with Crippen molar-refractivity contribution in [3.63, 3.8) is 0 Å². The van der Waals surface area contributed by atoms with Crippen LogP contribution in [0.1, 0.15) is 39.2 Å². The summed E-state index contributed by atoms with van der Waals surface area (Å²) in [7, 11) is 0. The predicted octanol–water partition coefficient (Wildman–Crippen LogP) is 4.06. The van der Waals surface area contributed by atoms with Crippen molar-refractivity contribution in [1.29, 1.82) is 0 Å². The molecule has 0 atom stereocenters. The van der Waals surface area contributed by atoms with Crippen LogP contribution in [-0.4, -0.2) is 5.91 Å². The number of halogens is 1. The fourth-order valence-electron chi connectivity index (χ4n) is 1.36. The Morgan fingerprint density at radius 2 is 1.88 bits per heavy atom. The fraction of sp³-hybridized carbons (Fsp3) is 0.462. The molecular weight excluding hydrogens is 222 g/mol. The highest BCUT2D eigenvalue weighted by molar-refractivity contribution is 6.31. The Labute approximate surface area is 102 Å². The van der Waals surface area contributed by atoms with Crippen LogP contribution in [0.3, 0.4) is 0 Å². The second kappa shape index (κ2) is 5.35. The summed E-state index contributed by atoms with van der Waals surface area (Å²) in [6, 6.07) is 5.65. The first kappa shape index (κ1) is 13.0. The summed E-state index contributed by atoms with van der Waals surface area (Å²) in [6.07, 6.45) is 0. The Hall–Kier alpha value is -1.02. The minimum absolute atomic E-state index is 0.00774. The maximum absolute atomic E-state index is 11.5. The molecule has 0 fully saturated rings. The summed E-state index contributed by atoms with van der Waals surface area (Å²) in [5.74, 6) is 0.374. The van der Waals surface area contributed by atoms with Crippen LogP contribution in [0, 0.1) is 5.92 Å². The van der Waals surface area contributed by atoms with Gasteiger partial charge in [0.05, 0.1) is 0 Å². The van der Waals surface area contributed by atoms with Gasteiger partial charge >= 0.3 is 0 Å². The first-order valence-corrected chi connectivity index (χ1v) is 5.90. The first-order valence-electron chi connectivity index (χ1n) is 5.52. The molecule has 1 aromatic carbocycles. The molecule has 1 N–H and O–H groups in total. The molecule has 16 heavy (non-hydrogen) atoms. The summed E-state index contributed by atoms with van der Waals surface area (Å²) in [5.41, 5.74) is 1.86. The van der Waals surface area contributed by atoms with Gasteiger partial charge in [0.1, 0.15) is 0 Å². The average Bonchev–Trinajstić information content (AvgIpc) is 2.16. The third-order valence-electron chi connectivity index (χ3n) is 2.41. The molecule has 0 unspecified atom stereocenters. The van der Waals surface area contributed by atoms with E-state index in [1.165, 1.54) is 0 Å². The molecule has 1 amide bonds. The van der Waals surface area contributed by atoms with Crippen molar-refractivity contribution >= 4 is 23.2 Å². The molecule has 3 heteroatoms. The lowest BCUT2D eigenvalue weighted by atomic mass is 10.0. The van der Waals surface area contributed by atoms with Crippen LogP contribution in [0.2, 0.25) is 5.02 Å². The van der Waals surface area contributed by atoms with Crippen LogP contribution < -0.4 is 5.32 Å². The lowest BCUT2D eigenvalue weighted by molar-refractivity contribution is -0.118. The number of amides is 1. The largest absolute Gasteiger partial charge is 0.326 e. The summed E-state index contributed by atoms with van der Waals surface area (Å²) in [6.45, 7) is 7.90.